The molecule has 5 rings (SSSR count). The van der Waals surface area contributed by atoms with E-state index in [4.69, 9.17) is 37.9 Å². The van der Waals surface area contributed by atoms with Crippen LogP contribution in [0.2, 0.25) is 0 Å². The molecule has 0 aromatic rings. The highest BCUT2D eigenvalue weighted by atomic mass is 16.6. The van der Waals surface area contributed by atoms with Crippen molar-refractivity contribution in [2.24, 2.45) is 23.7 Å². The van der Waals surface area contributed by atoms with Crippen molar-refractivity contribution < 1.29 is 57.1 Å². The van der Waals surface area contributed by atoms with E-state index in [1.165, 1.54) is 0 Å². The van der Waals surface area contributed by atoms with Gasteiger partial charge in [-0.1, -0.05) is 0 Å². The first-order valence-corrected chi connectivity index (χ1v) is 13.8. The summed E-state index contributed by atoms with van der Waals surface area (Å²) in [7, 11) is 0. The van der Waals surface area contributed by atoms with Crippen molar-refractivity contribution in [1.29, 1.82) is 0 Å². The monoisotopic (exact) mass is 568 g/mol. The van der Waals surface area contributed by atoms with Gasteiger partial charge in [0.25, 0.3) is 0 Å². The van der Waals surface area contributed by atoms with Crippen molar-refractivity contribution in [1.82, 2.24) is 0 Å². The number of carbonyl (C=O) groups is 4. The molecule has 0 bridgehead atoms. The van der Waals surface area contributed by atoms with Crippen LogP contribution < -0.4 is 0 Å². The third kappa shape index (κ3) is 5.86. The van der Waals surface area contributed by atoms with Gasteiger partial charge in [0, 0.05) is 0 Å². The Labute approximate surface area is 233 Å². The molecule has 4 atom stereocenters. The van der Waals surface area contributed by atoms with E-state index in [9.17, 15) is 19.2 Å². The van der Waals surface area contributed by atoms with Crippen LogP contribution in [0.25, 0.3) is 0 Å². The van der Waals surface area contributed by atoms with Crippen molar-refractivity contribution in [2.45, 2.75) is 102 Å². The molecule has 1 saturated carbocycles. The summed E-state index contributed by atoms with van der Waals surface area (Å²) in [5.41, 5.74) is -4.06. The van der Waals surface area contributed by atoms with Gasteiger partial charge in [0.15, 0.2) is 0 Å². The molecule has 40 heavy (non-hydrogen) atoms. The second kappa shape index (κ2) is 9.64. The molecule has 0 spiro atoms. The Kier molecular flexibility index (Phi) is 7.04. The van der Waals surface area contributed by atoms with Crippen LogP contribution in [0.3, 0.4) is 0 Å². The zero-order valence-electron chi connectivity index (χ0n) is 24.3. The van der Waals surface area contributed by atoms with Crippen molar-refractivity contribution >= 4 is 23.9 Å². The number of ether oxygens (including phenoxy) is 8. The number of hydrogen-bond donors (Lipinski definition) is 0. The van der Waals surface area contributed by atoms with Crippen LogP contribution in [-0.2, 0) is 57.1 Å². The van der Waals surface area contributed by atoms with E-state index in [0.717, 1.165) is 0 Å². The van der Waals surface area contributed by atoms with E-state index in [1.807, 2.05) is 0 Å². The van der Waals surface area contributed by atoms with Crippen molar-refractivity contribution in [3.8, 4) is 0 Å². The molecule has 12 nitrogen and oxygen atoms in total. The average molecular weight is 569 g/mol. The molecular weight excluding hydrogens is 528 g/mol. The molecule has 0 radical (unpaired) electrons. The van der Waals surface area contributed by atoms with Gasteiger partial charge in [-0.15, -0.1) is 0 Å². The lowest BCUT2D eigenvalue weighted by atomic mass is 9.56. The van der Waals surface area contributed by atoms with Crippen molar-refractivity contribution in [2.75, 3.05) is 26.4 Å². The second-order valence-corrected chi connectivity index (χ2v) is 13.5. The number of rotatable bonds is 12. The minimum atomic E-state index is -1.34. The Morgan fingerprint density at radius 2 is 0.575 bits per heavy atom. The lowest BCUT2D eigenvalue weighted by molar-refractivity contribution is -0.216. The van der Waals surface area contributed by atoms with Crippen molar-refractivity contribution in [3.63, 3.8) is 0 Å². The smallest absolute Gasteiger partial charge is 0.311 e. The summed E-state index contributed by atoms with van der Waals surface area (Å²) in [5, 5.41) is 0. The first-order valence-electron chi connectivity index (χ1n) is 13.8. The van der Waals surface area contributed by atoms with Crippen LogP contribution in [0, 0.1) is 23.7 Å². The van der Waals surface area contributed by atoms with Gasteiger partial charge >= 0.3 is 23.9 Å². The second-order valence-electron chi connectivity index (χ2n) is 13.5. The minimum Gasteiger partial charge on any atom is -0.457 e. The third-order valence-electron chi connectivity index (χ3n) is 8.53. The topological polar surface area (TPSA) is 155 Å². The predicted molar refractivity (Wildman–Crippen MR) is 134 cm³/mol. The average Bonchev–Trinajstić information content (AvgIpc) is 3.61. The molecule has 0 aromatic heterocycles. The maximum Gasteiger partial charge on any atom is 0.311 e. The van der Waals surface area contributed by atoms with E-state index in [0.29, 0.717) is 26.4 Å². The predicted octanol–water partition coefficient (Wildman–Crippen LogP) is 1.35. The van der Waals surface area contributed by atoms with E-state index >= 15 is 0 Å². The van der Waals surface area contributed by atoms with Crippen LogP contribution in [0.15, 0.2) is 0 Å². The largest absolute Gasteiger partial charge is 0.457 e. The SMILES string of the molecule is CC(C)(OC(=O)C1C(C(=O)OC(C)(C)C2CO2)C(C(=O)OC(C)(C)C2CO2)C1C(=O)OC(C)(C)C1CO1)C1CO1. The zero-order valence-corrected chi connectivity index (χ0v) is 24.3. The van der Waals surface area contributed by atoms with Crippen LogP contribution in [0.4, 0.5) is 0 Å². The number of epoxide rings is 4. The van der Waals surface area contributed by atoms with Crippen molar-refractivity contribution in [3.05, 3.63) is 0 Å². The lowest BCUT2D eigenvalue weighted by Crippen LogP contribution is -2.63. The molecular formula is C28H40O12. The fourth-order valence-electron chi connectivity index (χ4n) is 5.29. The Balaban J connectivity index is 1.45. The minimum absolute atomic E-state index is 0.315. The van der Waals surface area contributed by atoms with E-state index < -0.39 is 70.0 Å². The maximum atomic E-state index is 13.7. The fraction of sp³-hybridized carbons (Fsp3) is 0.857. The van der Waals surface area contributed by atoms with Gasteiger partial charge < -0.3 is 37.9 Å². The van der Waals surface area contributed by atoms with Gasteiger partial charge in [-0.05, 0) is 55.4 Å². The third-order valence-corrected chi connectivity index (χ3v) is 8.53. The van der Waals surface area contributed by atoms with E-state index in [1.54, 1.807) is 55.4 Å². The van der Waals surface area contributed by atoms with E-state index in [2.05, 4.69) is 0 Å². The maximum absolute atomic E-state index is 13.7. The Bertz CT molecular complexity index is 885. The number of hydrogen-bond acceptors (Lipinski definition) is 12. The summed E-state index contributed by atoms with van der Waals surface area (Å²) in [6.07, 6.45) is -1.26. The molecule has 4 unspecified atom stereocenters. The summed E-state index contributed by atoms with van der Waals surface area (Å²) in [6.45, 7) is 15.2. The summed E-state index contributed by atoms with van der Waals surface area (Å²) >= 11 is 0. The Morgan fingerprint density at radius 1 is 0.425 bits per heavy atom. The first-order chi connectivity index (χ1) is 18.4. The van der Waals surface area contributed by atoms with Gasteiger partial charge in [0.1, 0.15) is 46.8 Å². The summed E-state index contributed by atoms with van der Waals surface area (Å²) in [4.78, 5) is 54.7. The highest BCUT2D eigenvalue weighted by Gasteiger charge is 2.68. The van der Waals surface area contributed by atoms with Crippen LogP contribution in [0.1, 0.15) is 55.4 Å². The summed E-state index contributed by atoms with van der Waals surface area (Å²) < 4.78 is 44.4. The fourth-order valence-corrected chi connectivity index (χ4v) is 5.29. The molecule has 1 aliphatic carbocycles. The molecule has 5 aliphatic rings. The molecule has 5 fully saturated rings. The highest BCUT2D eigenvalue weighted by molar-refractivity contribution is 5.98. The number of esters is 4. The zero-order chi connectivity index (χ0) is 29.4. The normalized spacial score (nSPS) is 34.6. The molecule has 4 saturated heterocycles. The summed E-state index contributed by atoms with van der Waals surface area (Å²) in [5.74, 6) is -8.66. The van der Waals surface area contributed by atoms with Crippen LogP contribution >= 0.6 is 0 Å². The lowest BCUT2D eigenvalue weighted by Gasteiger charge is -2.48. The molecule has 224 valence electrons. The van der Waals surface area contributed by atoms with Gasteiger partial charge in [-0.25, -0.2) is 0 Å². The molecule has 0 N–H and O–H groups in total. The van der Waals surface area contributed by atoms with Gasteiger partial charge in [-0.3, -0.25) is 19.2 Å². The molecule has 0 amide bonds. The molecule has 4 heterocycles. The number of carbonyl (C=O) groups excluding carboxylic acids is 4. The van der Waals surface area contributed by atoms with E-state index in [-0.39, 0.29) is 24.4 Å². The Hall–Kier alpha value is -2.28. The van der Waals surface area contributed by atoms with Gasteiger partial charge in [-0.2, -0.15) is 0 Å². The summed E-state index contributed by atoms with van der Waals surface area (Å²) in [6, 6.07) is 0. The van der Waals surface area contributed by atoms with Gasteiger partial charge in [0.05, 0.1) is 50.1 Å². The van der Waals surface area contributed by atoms with Crippen LogP contribution in [0.5, 0.6) is 0 Å². The molecule has 12 heteroatoms. The standard InChI is InChI=1S/C28H40O12/c1-25(2,13-9-33-13)37-21(29)17-18(22(30)38-26(3,4)14-10-34-14)20(24(32)40-28(7,8)16-12-36-16)19(17)23(31)39-27(5,6)15-11-35-15/h13-20H,9-12H2,1-8H3. The first kappa shape index (κ1) is 29.2. The Morgan fingerprint density at radius 3 is 0.700 bits per heavy atom. The molecule has 0 aromatic carbocycles. The molecule has 4 aliphatic heterocycles. The highest BCUT2D eigenvalue weighted by Crippen LogP contribution is 2.52. The van der Waals surface area contributed by atoms with Gasteiger partial charge in [0.2, 0.25) is 0 Å². The van der Waals surface area contributed by atoms with Crippen LogP contribution in [-0.4, -0.2) is 97.1 Å². The quantitative estimate of drug-likeness (QED) is 0.189.